The number of aromatic nitrogens is 1. The van der Waals surface area contributed by atoms with Gasteiger partial charge in [-0.3, -0.25) is 0 Å². The van der Waals surface area contributed by atoms with Crippen LogP contribution in [0.4, 0.5) is 14.5 Å². The molecule has 0 fully saturated rings. The molecule has 0 aliphatic heterocycles. The lowest BCUT2D eigenvalue weighted by Crippen LogP contribution is -2.07. The molecule has 0 aliphatic rings. The third kappa shape index (κ3) is 1.33. The van der Waals surface area contributed by atoms with Crippen LogP contribution in [-0.2, 0) is 5.92 Å². The van der Waals surface area contributed by atoms with Gasteiger partial charge in [-0.1, -0.05) is 12.1 Å². The number of anilines is 1. The first-order valence-corrected chi connectivity index (χ1v) is 4.79. The summed E-state index contributed by atoms with van der Waals surface area (Å²) in [5, 5.41) is 0.447. The Hall–Kier alpha value is -1.23. The maximum Gasteiger partial charge on any atom is 0.288 e. The minimum atomic E-state index is -2.91. The van der Waals surface area contributed by atoms with Crippen LogP contribution >= 0.6 is 11.5 Å². The maximum atomic E-state index is 13.1. The highest BCUT2D eigenvalue weighted by atomic mass is 32.1. The summed E-state index contributed by atoms with van der Waals surface area (Å²) in [5.41, 5.74) is 5.94. The van der Waals surface area contributed by atoms with Crippen LogP contribution in [0.5, 0.6) is 0 Å². The van der Waals surface area contributed by atoms with E-state index < -0.39 is 5.92 Å². The smallest absolute Gasteiger partial charge is 0.288 e. The van der Waals surface area contributed by atoms with E-state index in [1.807, 2.05) is 0 Å². The van der Waals surface area contributed by atoms with Crippen LogP contribution in [0, 0.1) is 0 Å². The molecule has 0 aliphatic carbocycles. The van der Waals surface area contributed by atoms with Crippen molar-refractivity contribution >= 4 is 27.3 Å². The molecule has 0 bridgehead atoms. The lowest BCUT2D eigenvalue weighted by molar-refractivity contribution is 0.0154. The van der Waals surface area contributed by atoms with Crippen LogP contribution in [0.3, 0.4) is 0 Å². The lowest BCUT2D eigenvalue weighted by Gasteiger charge is -2.06. The van der Waals surface area contributed by atoms with E-state index in [-0.39, 0.29) is 5.69 Å². The number of halogens is 2. The molecule has 0 spiro atoms. The number of alkyl halides is 2. The first-order valence-electron chi connectivity index (χ1n) is 4.02. The fourth-order valence-corrected chi connectivity index (χ4v) is 2.18. The predicted molar refractivity (Wildman–Crippen MR) is 53.6 cm³/mol. The highest BCUT2D eigenvalue weighted by Gasteiger charge is 2.30. The molecule has 0 amide bonds. The van der Waals surface area contributed by atoms with E-state index in [2.05, 4.69) is 4.37 Å². The van der Waals surface area contributed by atoms with Crippen molar-refractivity contribution in [3.63, 3.8) is 0 Å². The molecule has 0 saturated heterocycles. The van der Waals surface area contributed by atoms with Gasteiger partial charge in [0.15, 0.2) is 0 Å². The van der Waals surface area contributed by atoms with Gasteiger partial charge in [0, 0.05) is 12.3 Å². The minimum absolute atomic E-state index is 0.190. The molecule has 1 heterocycles. The monoisotopic (exact) mass is 214 g/mol. The van der Waals surface area contributed by atoms with Crippen LogP contribution in [0.2, 0.25) is 0 Å². The van der Waals surface area contributed by atoms with Crippen molar-refractivity contribution in [1.29, 1.82) is 0 Å². The van der Waals surface area contributed by atoms with E-state index in [0.29, 0.717) is 15.8 Å². The van der Waals surface area contributed by atoms with Crippen LogP contribution in [0.15, 0.2) is 18.2 Å². The third-order valence-electron chi connectivity index (χ3n) is 1.94. The van der Waals surface area contributed by atoms with Crippen molar-refractivity contribution < 1.29 is 8.78 Å². The molecule has 2 aromatic rings. The molecule has 2 N–H and O–H groups in total. The van der Waals surface area contributed by atoms with Crippen LogP contribution < -0.4 is 5.73 Å². The van der Waals surface area contributed by atoms with Crippen LogP contribution in [-0.4, -0.2) is 4.37 Å². The summed E-state index contributed by atoms with van der Waals surface area (Å²) in [6.45, 7) is 0.838. The summed E-state index contributed by atoms with van der Waals surface area (Å²) in [6, 6.07) is 4.95. The molecule has 2 nitrogen and oxygen atoms in total. The Labute approximate surface area is 83.5 Å². The molecule has 0 saturated carbocycles. The summed E-state index contributed by atoms with van der Waals surface area (Å²) >= 11 is 1.01. The number of benzene rings is 1. The Kier molecular flexibility index (Phi) is 1.92. The van der Waals surface area contributed by atoms with Gasteiger partial charge in [0.25, 0.3) is 5.92 Å². The SMILES string of the molecule is CC(F)(F)c1nsc2c(N)cccc12. The predicted octanol–water partition coefficient (Wildman–Crippen LogP) is 2.99. The average Bonchev–Trinajstić information content (AvgIpc) is 2.47. The number of nitrogens with zero attached hydrogens (tertiary/aromatic N) is 1. The van der Waals surface area contributed by atoms with Gasteiger partial charge in [0.2, 0.25) is 0 Å². The van der Waals surface area contributed by atoms with Crippen molar-refractivity contribution in [1.82, 2.24) is 4.37 Å². The van der Waals surface area contributed by atoms with Gasteiger partial charge in [-0.2, -0.15) is 13.2 Å². The molecule has 1 aromatic heterocycles. The fourth-order valence-electron chi connectivity index (χ4n) is 1.30. The first kappa shape index (κ1) is 9.33. The summed E-state index contributed by atoms with van der Waals surface area (Å²) in [4.78, 5) is 0. The zero-order valence-electron chi connectivity index (χ0n) is 7.42. The van der Waals surface area contributed by atoms with Gasteiger partial charge in [0.05, 0.1) is 10.4 Å². The third-order valence-corrected chi connectivity index (χ3v) is 2.86. The molecule has 74 valence electrons. The average molecular weight is 214 g/mol. The van der Waals surface area contributed by atoms with E-state index in [0.717, 1.165) is 18.5 Å². The summed E-state index contributed by atoms with van der Waals surface area (Å²) in [5.74, 6) is -2.91. The standard InChI is InChI=1S/C9H8F2N2S/c1-9(10,11)8-5-3-2-4-6(12)7(5)14-13-8/h2-4H,12H2,1H3. The second-order valence-electron chi connectivity index (χ2n) is 3.14. The second kappa shape index (κ2) is 2.88. The van der Waals surface area contributed by atoms with E-state index in [4.69, 9.17) is 5.73 Å². The molecular weight excluding hydrogens is 206 g/mol. The van der Waals surface area contributed by atoms with Gasteiger partial charge in [-0.15, -0.1) is 0 Å². The number of nitrogens with two attached hydrogens (primary N) is 1. The molecule has 0 unspecified atom stereocenters. The quantitative estimate of drug-likeness (QED) is 0.741. The molecule has 0 radical (unpaired) electrons. The van der Waals surface area contributed by atoms with Gasteiger partial charge in [0.1, 0.15) is 5.69 Å². The first-order chi connectivity index (χ1) is 6.50. The summed E-state index contributed by atoms with van der Waals surface area (Å²) in [7, 11) is 0. The summed E-state index contributed by atoms with van der Waals surface area (Å²) < 4.78 is 30.5. The largest absolute Gasteiger partial charge is 0.398 e. The Morgan fingerprint density at radius 2 is 2.14 bits per heavy atom. The maximum absolute atomic E-state index is 13.1. The Balaban J connectivity index is 2.76. The fraction of sp³-hybridized carbons (Fsp3) is 0.222. The molecule has 2 rings (SSSR count). The van der Waals surface area contributed by atoms with Gasteiger partial charge in [-0.05, 0) is 17.6 Å². The van der Waals surface area contributed by atoms with Crippen molar-refractivity contribution in [2.24, 2.45) is 0 Å². The molecule has 14 heavy (non-hydrogen) atoms. The highest BCUT2D eigenvalue weighted by molar-refractivity contribution is 7.14. The highest BCUT2D eigenvalue weighted by Crippen LogP contribution is 2.36. The molecular formula is C9H8F2N2S. The van der Waals surface area contributed by atoms with Crippen molar-refractivity contribution in [2.45, 2.75) is 12.8 Å². The van der Waals surface area contributed by atoms with E-state index in [1.165, 1.54) is 0 Å². The summed E-state index contributed by atoms with van der Waals surface area (Å²) in [6.07, 6.45) is 0. The molecule has 5 heteroatoms. The van der Waals surface area contributed by atoms with Crippen LogP contribution in [0.1, 0.15) is 12.6 Å². The van der Waals surface area contributed by atoms with Gasteiger partial charge in [-0.25, -0.2) is 0 Å². The Bertz CT molecular complexity index is 473. The van der Waals surface area contributed by atoms with Crippen molar-refractivity contribution in [2.75, 3.05) is 5.73 Å². The number of hydrogen-bond donors (Lipinski definition) is 1. The Morgan fingerprint density at radius 1 is 1.43 bits per heavy atom. The lowest BCUT2D eigenvalue weighted by atomic mass is 10.1. The van der Waals surface area contributed by atoms with Crippen LogP contribution in [0.25, 0.3) is 10.1 Å². The zero-order chi connectivity index (χ0) is 10.3. The van der Waals surface area contributed by atoms with Gasteiger partial charge >= 0.3 is 0 Å². The van der Waals surface area contributed by atoms with Crippen molar-refractivity contribution in [3.05, 3.63) is 23.9 Å². The normalized spacial score (nSPS) is 12.2. The van der Waals surface area contributed by atoms with E-state index in [1.54, 1.807) is 18.2 Å². The number of hydrogen-bond acceptors (Lipinski definition) is 3. The van der Waals surface area contributed by atoms with Gasteiger partial charge < -0.3 is 5.73 Å². The minimum Gasteiger partial charge on any atom is -0.398 e. The van der Waals surface area contributed by atoms with E-state index in [9.17, 15) is 8.78 Å². The van der Waals surface area contributed by atoms with Crippen molar-refractivity contribution in [3.8, 4) is 0 Å². The molecule has 1 aromatic carbocycles. The second-order valence-corrected chi connectivity index (χ2v) is 3.92. The van der Waals surface area contributed by atoms with E-state index >= 15 is 0 Å². The number of rotatable bonds is 1. The Morgan fingerprint density at radius 3 is 2.79 bits per heavy atom. The zero-order valence-corrected chi connectivity index (χ0v) is 8.24. The number of nitrogen functional groups attached to an aromatic ring is 1. The topological polar surface area (TPSA) is 38.9 Å². The molecule has 0 atom stereocenters. The number of fused-ring (bicyclic) bond motifs is 1.